The highest BCUT2D eigenvalue weighted by Gasteiger charge is 2.54. The molecule has 144 valence electrons. The first kappa shape index (κ1) is 20.0. The minimum absolute atomic E-state index is 0.112. The molecule has 3 rings (SSSR count). The summed E-state index contributed by atoms with van der Waals surface area (Å²) in [5.41, 5.74) is 0.985. The molecule has 0 saturated carbocycles. The van der Waals surface area contributed by atoms with Gasteiger partial charge in [-0.1, -0.05) is 41.9 Å². The Morgan fingerprint density at radius 3 is 2.59 bits per heavy atom. The molecule has 0 radical (unpaired) electrons. The van der Waals surface area contributed by atoms with Crippen molar-refractivity contribution in [2.75, 3.05) is 5.75 Å². The highest BCUT2D eigenvalue weighted by molar-refractivity contribution is 8.00. The number of amides is 2. The number of thioether (sulfide) groups is 1. The summed E-state index contributed by atoms with van der Waals surface area (Å²) in [7, 11) is -2.13. The third-order valence-corrected chi connectivity index (χ3v) is 6.59. The van der Waals surface area contributed by atoms with Crippen LogP contribution in [0.15, 0.2) is 41.1 Å². The molecule has 0 unspecified atom stereocenters. The van der Waals surface area contributed by atoms with E-state index in [0.29, 0.717) is 10.8 Å². The lowest BCUT2D eigenvalue weighted by Gasteiger charge is -2.49. The second-order valence-electron chi connectivity index (χ2n) is 7.37. The number of nitrogens with one attached hydrogen (secondary N) is 1. The lowest BCUT2D eigenvalue weighted by molar-refractivity contribution is -0.150. The average Bonchev–Trinajstić information content (AvgIpc) is 2.58. The van der Waals surface area contributed by atoms with Gasteiger partial charge in [-0.15, -0.1) is 11.8 Å². The quantitative estimate of drug-likeness (QED) is 0.580. The van der Waals surface area contributed by atoms with Crippen LogP contribution in [0.25, 0.3) is 0 Å². The maximum atomic E-state index is 12.6. The van der Waals surface area contributed by atoms with E-state index < -0.39 is 20.3 Å². The van der Waals surface area contributed by atoms with Crippen molar-refractivity contribution in [1.29, 1.82) is 0 Å². The van der Waals surface area contributed by atoms with Gasteiger partial charge in [-0.25, -0.2) is 4.79 Å². The molecule has 9 heteroatoms. The number of hydrogen-bond acceptors (Lipinski definition) is 5. The Balaban J connectivity index is 1.68. The number of benzene rings is 1. The summed E-state index contributed by atoms with van der Waals surface area (Å²) < 4.78 is 5.51. The number of nitrogens with zero attached hydrogens (tertiary/aromatic N) is 1. The van der Waals surface area contributed by atoms with Crippen molar-refractivity contribution in [3.05, 3.63) is 46.6 Å². The van der Waals surface area contributed by atoms with Crippen LogP contribution in [-0.2, 0) is 25.2 Å². The Bertz CT molecular complexity index is 809. The molecule has 2 aliphatic rings. The summed E-state index contributed by atoms with van der Waals surface area (Å²) in [6.45, 7) is 5.66. The van der Waals surface area contributed by atoms with Crippen LogP contribution in [-0.4, -0.2) is 48.2 Å². The molecule has 1 saturated heterocycles. The molecule has 2 heterocycles. The molecule has 2 aliphatic heterocycles. The van der Waals surface area contributed by atoms with Crippen molar-refractivity contribution in [2.45, 2.75) is 37.5 Å². The van der Waals surface area contributed by atoms with Crippen LogP contribution in [0.2, 0.25) is 19.6 Å². The molecular formula is C18H21ClN2O4SSi. The Hall–Kier alpha value is -1.77. The van der Waals surface area contributed by atoms with Gasteiger partial charge in [0.25, 0.3) is 5.91 Å². The lowest BCUT2D eigenvalue weighted by atomic mass is 10.0. The lowest BCUT2D eigenvalue weighted by Crippen LogP contribution is -2.70. The molecule has 0 spiro atoms. The van der Waals surface area contributed by atoms with E-state index in [1.165, 1.54) is 16.7 Å². The number of rotatable bonds is 5. The zero-order valence-corrected chi connectivity index (χ0v) is 17.9. The first-order valence-electron chi connectivity index (χ1n) is 8.57. The molecule has 27 heavy (non-hydrogen) atoms. The van der Waals surface area contributed by atoms with Crippen molar-refractivity contribution in [3.8, 4) is 0 Å². The van der Waals surface area contributed by atoms with E-state index >= 15 is 0 Å². The van der Waals surface area contributed by atoms with Gasteiger partial charge in [0.05, 0.1) is 11.5 Å². The fourth-order valence-corrected chi connectivity index (χ4v) is 5.10. The van der Waals surface area contributed by atoms with Crippen LogP contribution in [0, 0.1) is 0 Å². The molecule has 0 bridgehead atoms. The van der Waals surface area contributed by atoms with Crippen molar-refractivity contribution in [3.63, 3.8) is 0 Å². The average molecular weight is 425 g/mol. The Labute approximate surface area is 168 Å². The van der Waals surface area contributed by atoms with E-state index in [4.69, 9.17) is 16.0 Å². The Morgan fingerprint density at radius 2 is 1.96 bits per heavy atom. The van der Waals surface area contributed by atoms with Crippen LogP contribution in [0.3, 0.4) is 0 Å². The van der Waals surface area contributed by atoms with Crippen LogP contribution in [0.5, 0.6) is 0 Å². The monoisotopic (exact) mass is 424 g/mol. The zero-order chi connectivity index (χ0) is 19.8. The predicted molar refractivity (Wildman–Crippen MR) is 107 cm³/mol. The SMILES string of the molecule is C[Si](C)(C)OC(=O)C1=C(Cl)CS[C@@H]2[C@H](NC(=O)Cc3ccccc3)C(=O)N12. The standard InChI is InChI=1S/C18H21ClN2O4SSi/c1-27(2,3)25-18(24)15-12(19)10-26-17-14(16(23)21(15)17)20-13(22)9-11-7-5-4-6-8-11/h4-8,14,17H,9-10H2,1-3H3,(H,20,22)/t14-,17-/m1/s1. The van der Waals surface area contributed by atoms with Gasteiger partial charge in [-0.3, -0.25) is 14.5 Å². The number of carbonyl (C=O) groups is 3. The maximum Gasteiger partial charge on any atom is 0.343 e. The normalized spacial score (nSPS) is 22.1. The van der Waals surface area contributed by atoms with Crippen LogP contribution in [0.1, 0.15) is 5.56 Å². The van der Waals surface area contributed by atoms with E-state index in [-0.39, 0.29) is 29.3 Å². The van der Waals surface area contributed by atoms with Gasteiger partial charge in [0.1, 0.15) is 17.1 Å². The third-order valence-electron chi connectivity index (χ3n) is 4.04. The molecule has 1 aromatic rings. The van der Waals surface area contributed by atoms with E-state index in [9.17, 15) is 14.4 Å². The molecule has 1 fully saturated rings. The highest BCUT2D eigenvalue weighted by atomic mass is 35.5. The van der Waals surface area contributed by atoms with Crippen LogP contribution >= 0.6 is 23.4 Å². The summed E-state index contributed by atoms with van der Waals surface area (Å²) in [4.78, 5) is 38.8. The van der Waals surface area contributed by atoms with Crippen molar-refractivity contribution in [1.82, 2.24) is 10.2 Å². The zero-order valence-electron chi connectivity index (χ0n) is 15.3. The van der Waals surface area contributed by atoms with E-state index in [1.807, 2.05) is 50.0 Å². The molecular weight excluding hydrogens is 404 g/mol. The molecule has 2 amide bonds. The molecule has 1 aromatic carbocycles. The van der Waals surface area contributed by atoms with Crippen LogP contribution in [0.4, 0.5) is 0 Å². The summed E-state index contributed by atoms with van der Waals surface area (Å²) in [5.74, 6) is -0.732. The van der Waals surface area contributed by atoms with Gasteiger partial charge >= 0.3 is 5.97 Å². The maximum absolute atomic E-state index is 12.6. The summed E-state index contributed by atoms with van der Waals surface area (Å²) in [5, 5.41) is 2.74. The van der Waals surface area contributed by atoms with Gasteiger partial charge in [0, 0.05) is 5.75 Å². The van der Waals surface area contributed by atoms with Crippen molar-refractivity contribution < 1.29 is 18.8 Å². The smallest absolute Gasteiger partial charge is 0.343 e. The number of fused-ring (bicyclic) bond motifs is 1. The third kappa shape index (κ3) is 4.39. The Kier molecular flexibility index (Phi) is 5.69. The highest BCUT2D eigenvalue weighted by Crippen LogP contribution is 2.41. The van der Waals surface area contributed by atoms with Gasteiger partial charge < -0.3 is 9.74 Å². The van der Waals surface area contributed by atoms with Gasteiger partial charge in [-0.2, -0.15) is 0 Å². The predicted octanol–water partition coefficient (Wildman–Crippen LogP) is 2.46. The number of hydrogen-bond donors (Lipinski definition) is 1. The topological polar surface area (TPSA) is 75.7 Å². The molecule has 0 aliphatic carbocycles. The van der Waals surface area contributed by atoms with Crippen molar-refractivity contribution >= 4 is 49.5 Å². The van der Waals surface area contributed by atoms with E-state index in [2.05, 4.69) is 5.32 Å². The molecule has 0 aromatic heterocycles. The number of halogens is 1. The second-order valence-corrected chi connectivity index (χ2v) is 13.4. The number of carbonyl (C=O) groups excluding carboxylic acids is 3. The minimum atomic E-state index is -2.13. The first-order chi connectivity index (χ1) is 12.7. The first-order valence-corrected chi connectivity index (χ1v) is 13.4. The summed E-state index contributed by atoms with van der Waals surface area (Å²) in [6, 6.07) is 8.65. The van der Waals surface area contributed by atoms with Crippen LogP contribution < -0.4 is 5.32 Å². The Morgan fingerprint density at radius 1 is 1.30 bits per heavy atom. The second kappa shape index (κ2) is 7.69. The minimum Gasteiger partial charge on any atom is -0.515 e. The number of β-lactam (4-membered cyclic amide) rings is 1. The summed E-state index contributed by atoms with van der Waals surface area (Å²) >= 11 is 7.64. The fraction of sp³-hybridized carbons (Fsp3) is 0.389. The van der Waals surface area contributed by atoms with Crippen molar-refractivity contribution in [2.24, 2.45) is 0 Å². The summed E-state index contributed by atoms with van der Waals surface area (Å²) in [6.07, 6.45) is 0.198. The fourth-order valence-electron chi connectivity index (χ4n) is 2.90. The van der Waals surface area contributed by atoms with Gasteiger partial charge in [0.2, 0.25) is 14.2 Å². The molecule has 2 atom stereocenters. The van der Waals surface area contributed by atoms with E-state index in [1.54, 1.807) is 0 Å². The van der Waals surface area contributed by atoms with E-state index in [0.717, 1.165) is 5.56 Å². The largest absolute Gasteiger partial charge is 0.515 e. The van der Waals surface area contributed by atoms with Gasteiger partial charge in [0.15, 0.2) is 0 Å². The van der Waals surface area contributed by atoms with Gasteiger partial charge in [-0.05, 0) is 25.2 Å². The molecule has 1 N–H and O–H groups in total. The molecule has 6 nitrogen and oxygen atoms in total.